The number of alkyl halides is 3. The first kappa shape index (κ1) is 16.5. The number of carbonyl (C=O) groups is 1. The van der Waals surface area contributed by atoms with Gasteiger partial charge in [-0.3, -0.25) is 9.89 Å². The van der Waals surface area contributed by atoms with Gasteiger partial charge in [-0.25, -0.2) is 0 Å². The maximum Gasteiger partial charge on any atom is 0.416 e. The molecule has 0 saturated heterocycles. The molecule has 0 aliphatic carbocycles. The average Bonchev–Trinajstić information content (AvgIpc) is 3.02. The summed E-state index contributed by atoms with van der Waals surface area (Å²) in [7, 11) is 0. The number of carbonyl (C=O) groups excluding carboxylic acids is 1. The molecule has 1 aromatic carbocycles. The first-order valence-electron chi connectivity index (χ1n) is 7.43. The number of hydrogen-bond acceptors (Lipinski definition) is 3. The molecule has 2 N–H and O–H groups in total. The highest BCUT2D eigenvalue weighted by Gasteiger charge is 2.34. The molecule has 128 valence electrons. The van der Waals surface area contributed by atoms with E-state index in [1.165, 1.54) is 17.0 Å². The minimum absolute atomic E-state index is 0.00825. The summed E-state index contributed by atoms with van der Waals surface area (Å²) < 4.78 is 38.3. The van der Waals surface area contributed by atoms with E-state index in [9.17, 15) is 23.1 Å². The number of benzene rings is 1. The van der Waals surface area contributed by atoms with Crippen LogP contribution in [0.2, 0.25) is 0 Å². The van der Waals surface area contributed by atoms with Crippen LogP contribution in [-0.4, -0.2) is 32.7 Å². The molecule has 3 rings (SSSR count). The highest BCUT2D eigenvalue weighted by Crippen LogP contribution is 2.32. The van der Waals surface area contributed by atoms with Crippen LogP contribution in [0.25, 0.3) is 0 Å². The SMILES string of the molecule is CC1CN(C(=O)C(O)c2cccc(C(F)(F)F)c2)Cc2cn[nH]c21. The van der Waals surface area contributed by atoms with Gasteiger partial charge in [-0.05, 0) is 17.7 Å². The zero-order valence-corrected chi connectivity index (χ0v) is 12.8. The molecule has 1 aliphatic heterocycles. The van der Waals surface area contributed by atoms with E-state index in [0.717, 1.165) is 23.4 Å². The predicted molar refractivity (Wildman–Crippen MR) is 78.8 cm³/mol. The highest BCUT2D eigenvalue weighted by atomic mass is 19.4. The van der Waals surface area contributed by atoms with Crippen LogP contribution in [0.15, 0.2) is 30.5 Å². The number of hydrogen-bond donors (Lipinski definition) is 2. The third-order valence-corrected chi connectivity index (χ3v) is 4.17. The highest BCUT2D eigenvalue weighted by molar-refractivity contribution is 5.82. The quantitative estimate of drug-likeness (QED) is 0.884. The first-order chi connectivity index (χ1) is 11.3. The molecule has 8 heteroatoms. The second kappa shape index (κ2) is 5.94. The molecule has 1 amide bonds. The Balaban J connectivity index is 1.81. The number of amides is 1. The maximum atomic E-state index is 12.8. The Kier molecular flexibility index (Phi) is 4.08. The Morgan fingerprint density at radius 2 is 2.21 bits per heavy atom. The van der Waals surface area contributed by atoms with Crippen molar-refractivity contribution in [3.8, 4) is 0 Å². The lowest BCUT2D eigenvalue weighted by Crippen LogP contribution is -2.40. The van der Waals surface area contributed by atoms with Crippen LogP contribution >= 0.6 is 0 Å². The zero-order chi connectivity index (χ0) is 17.5. The summed E-state index contributed by atoms with van der Waals surface area (Å²) in [6.07, 6.45) is -4.54. The molecule has 2 unspecified atom stereocenters. The van der Waals surface area contributed by atoms with E-state index in [-0.39, 0.29) is 18.0 Å². The lowest BCUT2D eigenvalue weighted by Gasteiger charge is -2.32. The molecule has 1 aromatic heterocycles. The van der Waals surface area contributed by atoms with Crippen LogP contribution in [0.5, 0.6) is 0 Å². The van der Waals surface area contributed by atoms with E-state index in [1.54, 1.807) is 6.20 Å². The lowest BCUT2D eigenvalue weighted by molar-refractivity contribution is -0.142. The number of nitrogens with zero attached hydrogens (tertiary/aromatic N) is 2. The molecule has 5 nitrogen and oxygen atoms in total. The van der Waals surface area contributed by atoms with Crippen molar-refractivity contribution in [2.45, 2.75) is 31.7 Å². The van der Waals surface area contributed by atoms with Crippen LogP contribution in [-0.2, 0) is 17.5 Å². The van der Waals surface area contributed by atoms with Crippen molar-refractivity contribution in [1.29, 1.82) is 0 Å². The summed E-state index contributed by atoms with van der Waals surface area (Å²) in [5, 5.41) is 17.0. The van der Waals surface area contributed by atoms with E-state index in [2.05, 4.69) is 10.2 Å². The summed E-state index contributed by atoms with van der Waals surface area (Å²) in [6.45, 7) is 2.54. The minimum Gasteiger partial charge on any atom is -0.378 e. The number of fused-ring (bicyclic) bond motifs is 1. The van der Waals surface area contributed by atoms with Gasteiger partial charge in [-0.15, -0.1) is 0 Å². The predicted octanol–water partition coefficient (Wildman–Crippen LogP) is 2.61. The van der Waals surface area contributed by atoms with Gasteiger partial charge in [0.2, 0.25) is 0 Å². The van der Waals surface area contributed by atoms with Gasteiger partial charge in [-0.2, -0.15) is 18.3 Å². The molecule has 0 spiro atoms. The van der Waals surface area contributed by atoms with Crippen molar-refractivity contribution in [3.63, 3.8) is 0 Å². The van der Waals surface area contributed by atoms with Crippen molar-refractivity contribution in [2.75, 3.05) is 6.54 Å². The molecular weight excluding hydrogens is 323 g/mol. The minimum atomic E-state index is -4.52. The Bertz CT molecular complexity index is 757. The van der Waals surface area contributed by atoms with Gasteiger partial charge in [-0.1, -0.05) is 19.1 Å². The van der Waals surface area contributed by atoms with Gasteiger partial charge in [0.05, 0.1) is 11.8 Å². The second-order valence-electron chi connectivity index (χ2n) is 5.95. The number of aliphatic hydroxyl groups excluding tert-OH is 1. The monoisotopic (exact) mass is 339 g/mol. The summed E-state index contributed by atoms with van der Waals surface area (Å²) in [5.74, 6) is -0.609. The third-order valence-electron chi connectivity index (χ3n) is 4.17. The molecule has 1 aliphatic rings. The van der Waals surface area contributed by atoms with Crippen molar-refractivity contribution in [3.05, 3.63) is 52.8 Å². The summed E-state index contributed by atoms with van der Waals surface area (Å²) in [5.41, 5.74) is 0.822. The summed E-state index contributed by atoms with van der Waals surface area (Å²) >= 11 is 0. The largest absolute Gasteiger partial charge is 0.416 e. The van der Waals surface area contributed by atoms with Crippen molar-refractivity contribution in [2.24, 2.45) is 0 Å². The molecule has 24 heavy (non-hydrogen) atoms. The van der Waals surface area contributed by atoms with Gasteiger partial charge in [0.25, 0.3) is 5.91 Å². The van der Waals surface area contributed by atoms with Crippen LogP contribution in [0.4, 0.5) is 13.2 Å². The fraction of sp³-hybridized carbons (Fsp3) is 0.375. The lowest BCUT2D eigenvalue weighted by atomic mass is 9.97. The van der Waals surface area contributed by atoms with E-state index >= 15 is 0 Å². The Morgan fingerprint density at radius 1 is 1.46 bits per heavy atom. The van der Waals surface area contributed by atoms with E-state index in [4.69, 9.17) is 0 Å². The fourth-order valence-electron chi connectivity index (χ4n) is 2.93. The van der Waals surface area contributed by atoms with Crippen molar-refractivity contribution >= 4 is 5.91 Å². The molecule has 0 radical (unpaired) electrons. The van der Waals surface area contributed by atoms with Gasteiger partial charge in [0.15, 0.2) is 6.10 Å². The van der Waals surface area contributed by atoms with Crippen LogP contribution in [0.1, 0.15) is 41.3 Å². The topological polar surface area (TPSA) is 69.2 Å². The molecule has 0 saturated carbocycles. The number of H-pyrrole nitrogens is 1. The average molecular weight is 339 g/mol. The Hall–Kier alpha value is -2.35. The number of nitrogens with one attached hydrogen (secondary N) is 1. The van der Waals surface area contributed by atoms with E-state index < -0.39 is 23.8 Å². The maximum absolute atomic E-state index is 12.8. The van der Waals surface area contributed by atoms with Gasteiger partial charge < -0.3 is 10.0 Å². The normalized spacial score (nSPS) is 19.0. The number of aliphatic hydroxyl groups is 1. The van der Waals surface area contributed by atoms with Gasteiger partial charge >= 0.3 is 6.18 Å². The van der Waals surface area contributed by atoms with Crippen LogP contribution in [0, 0.1) is 0 Å². The molecular formula is C16H16F3N3O2. The zero-order valence-electron chi connectivity index (χ0n) is 12.8. The molecule has 2 aromatic rings. The second-order valence-corrected chi connectivity index (χ2v) is 5.95. The first-order valence-corrected chi connectivity index (χ1v) is 7.43. The van der Waals surface area contributed by atoms with Gasteiger partial charge in [0, 0.05) is 30.3 Å². The smallest absolute Gasteiger partial charge is 0.378 e. The molecule has 0 bridgehead atoms. The van der Waals surface area contributed by atoms with Crippen LogP contribution < -0.4 is 0 Å². The standard InChI is InChI=1S/C16H16F3N3O2/c1-9-7-22(8-11-6-20-21-13(9)11)15(24)14(23)10-3-2-4-12(5-10)16(17,18)19/h2-6,9,14,23H,7-8H2,1H3,(H,20,21). The molecule has 2 heterocycles. The van der Waals surface area contributed by atoms with E-state index in [0.29, 0.717) is 6.54 Å². The summed E-state index contributed by atoms with van der Waals surface area (Å²) in [6, 6.07) is 4.21. The number of aromatic amines is 1. The third kappa shape index (κ3) is 3.01. The number of rotatable bonds is 2. The number of halogens is 3. The van der Waals surface area contributed by atoms with E-state index in [1.807, 2.05) is 6.92 Å². The molecule has 0 fully saturated rings. The fourth-order valence-corrected chi connectivity index (χ4v) is 2.93. The Labute approximate surface area is 136 Å². The van der Waals surface area contributed by atoms with Crippen molar-refractivity contribution < 1.29 is 23.1 Å². The molecule has 2 atom stereocenters. The van der Waals surface area contributed by atoms with Gasteiger partial charge in [0.1, 0.15) is 0 Å². The number of aromatic nitrogens is 2. The summed E-state index contributed by atoms with van der Waals surface area (Å²) in [4.78, 5) is 13.9. The van der Waals surface area contributed by atoms with Crippen LogP contribution in [0.3, 0.4) is 0 Å². The van der Waals surface area contributed by atoms with Crippen molar-refractivity contribution in [1.82, 2.24) is 15.1 Å². The Morgan fingerprint density at radius 3 is 2.92 bits per heavy atom.